The van der Waals surface area contributed by atoms with Gasteiger partial charge in [0.1, 0.15) is 12.5 Å². The molecule has 0 aliphatic carbocycles. The largest absolute Gasteiger partial charge is 0.478 e. The maximum atomic E-state index is 5.68. The van der Waals surface area contributed by atoms with Crippen molar-refractivity contribution in [1.82, 2.24) is 4.90 Å². The van der Waals surface area contributed by atoms with Gasteiger partial charge >= 0.3 is 0 Å². The summed E-state index contributed by atoms with van der Waals surface area (Å²) in [6.07, 6.45) is 3.48. The van der Waals surface area contributed by atoms with Gasteiger partial charge in [-0.05, 0) is 12.1 Å². The molecule has 1 aromatic heterocycles. The van der Waals surface area contributed by atoms with Crippen molar-refractivity contribution in [3.8, 4) is 5.75 Å². The second kappa shape index (κ2) is 4.02. The minimum atomic E-state index is 0.641. The third-order valence-electron chi connectivity index (χ3n) is 2.76. The van der Waals surface area contributed by atoms with Crippen LogP contribution >= 0.6 is 0 Å². The Morgan fingerprint density at radius 2 is 2.12 bits per heavy atom. The summed E-state index contributed by atoms with van der Waals surface area (Å²) in [5, 5.41) is 0. The van der Waals surface area contributed by atoms with E-state index >= 15 is 0 Å². The fourth-order valence-electron chi connectivity index (χ4n) is 1.97. The van der Waals surface area contributed by atoms with E-state index in [9.17, 15) is 0 Å². The van der Waals surface area contributed by atoms with Gasteiger partial charge in [-0.25, -0.2) is 0 Å². The molecule has 0 unspecified atom stereocenters. The van der Waals surface area contributed by atoms with Crippen molar-refractivity contribution in [1.29, 1.82) is 0 Å². The fraction of sp³-hybridized carbons (Fsp3) is 0.231. The predicted molar refractivity (Wildman–Crippen MR) is 59.9 cm³/mol. The smallest absolute Gasteiger partial charge is 0.142 e. The van der Waals surface area contributed by atoms with E-state index in [2.05, 4.69) is 11.0 Å². The second-order valence-electron chi connectivity index (χ2n) is 4.00. The minimum Gasteiger partial charge on any atom is -0.478 e. The SMILES string of the molecule is c1ccc2c(c1)CN(Cc1ccoc1)CO2. The van der Waals surface area contributed by atoms with E-state index in [1.165, 1.54) is 11.1 Å². The highest BCUT2D eigenvalue weighted by Crippen LogP contribution is 2.25. The van der Waals surface area contributed by atoms with Crippen LogP contribution in [0, 0.1) is 0 Å². The van der Waals surface area contributed by atoms with Gasteiger partial charge in [0.15, 0.2) is 0 Å². The molecule has 3 rings (SSSR count). The van der Waals surface area contributed by atoms with Crippen LogP contribution in [0.3, 0.4) is 0 Å². The van der Waals surface area contributed by atoms with E-state index in [1.807, 2.05) is 24.3 Å². The summed E-state index contributed by atoms with van der Waals surface area (Å²) in [4.78, 5) is 2.24. The molecule has 0 radical (unpaired) electrons. The van der Waals surface area contributed by atoms with Crippen molar-refractivity contribution >= 4 is 0 Å². The topological polar surface area (TPSA) is 25.6 Å². The zero-order valence-electron chi connectivity index (χ0n) is 8.93. The summed E-state index contributed by atoms with van der Waals surface area (Å²) in [7, 11) is 0. The fourth-order valence-corrected chi connectivity index (χ4v) is 1.97. The van der Waals surface area contributed by atoms with Crippen LogP contribution in [-0.2, 0) is 13.1 Å². The van der Waals surface area contributed by atoms with Crippen LogP contribution in [0.4, 0.5) is 0 Å². The average Bonchev–Trinajstić information content (AvgIpc) is 2.82. The number of benzene rings is 1. The first-order valence-corrected chi connectivity index (χ1v) is 5.36. The summed E-state index contributed by atoms with van der Waals surface area (Å²) in [5.41, 5.74) is 2.43. The number of hydrogen-bond donors (Lipinski definition) is 0. The summed E-state index contributed by atoms with van der Waals surface area (Å²) < 4.78 is 10.7. The van der Waals surface area contributed by atoms with Crippen molar-refractivity contribution in [2.24, 2.45) is 0 Å². The van der Waals surface area contributed by atoms with Crippen molar-refractivity contribution in [2.45, 2.75) is 13.1 Å². The number of fused-ring (bicyclic) bond motifs is 1. The Hall–Kier alpha value is -1.74. The third kappa shape index (κ3) is 1.82. The molecule has 3 nitrogen and oxygen atoms in total. The molecule has 0 saturated heterocycles. The molecule has 1 aliphatic rings. The summed E-state index contributed by atoms with van der Waals surface area (Å²) >= 11 is 0. The Labute approximate surface area is 94.2 Å². The van der Waals surface area contributed by atoms with Crippen molar-refractivity contribution < 1.29 is 9.15 Å². The first kappa shape index (κ1) is 9.48. The number of rotatable bonds is 2. The van der Waals surface area contributed by atoms with Crippen LogP contribution in [-0.4, -0.2) is 11.6 Å². The van der Waals surface area contributed by atoms with Gasteiger partial charge in [0.25, 0.3) is 0 Å². The van der Waals surface area contributed by atoms with Crippen LogP contribution in [0.1, 0.15) is 11.1 Å². The monoisotopic (exact) mass is 215 g/mol. The van der Waals surface area contributed by atoms with Crippen molar-refractivity contribution in [3.63, 3.8) is 0 Å². The van der Waals surface area contributed by atoms with E-state index in [0.29, 0.717) is 6.73 Å². The summed E-state index contributed by atoms with van der Waals surface area (Å²) in [6, 6.07) is 10.2. The van der Waals surface area contributed by atoms with Crippen molar-refractivity contribution in [3.05, 3.63) is 54.0 Å². The Bertz CT molecular complexity index is 465. The number of ether oxygens (including phenoxy) is 1. The molecule has 3 heteroatoms. The molecule has 0 spiro atoms. The zero-order chi connectivity index (χ0) is 10.8. The second-order valence-corrected chi connectivity index (χ2v) is 4.00. The van der Waals surface area contributed by atoms with E-state index < -0.39 is 0 Å². The van der Waals surface area contributed by atoms with Gasteiger partial charge in [-0.3, -0.25) is 4.90 Å². The third-order valence-corrected chi connectivity index (χ3v) is 2.76. The maximum absolute atomic E-state index is 5.68. The standard InChI is InChI=1S/C13H13NO2/c1-2-4-13-12(3-1)8-14(10-16-13)7-11-5-6-15-9-11/h1-6,9H,7-8,10H2. The molecule has 0 N–H and O–H groups in total. The first-order chi connectivity index (χ1) is 7.92. The highest BCUT2D eigenvalue weighted by molar-refractivity contribution is 5.34. The molecule has 1 aliphatic heterocycles. The van der Waals surface area contributed by atoms with Gasteiger partial charge in [0.2, 0.25) is 0 Å². The molecule has 16 heavy (non-hydrogen) atoms. The van der Waals surface area contributed by atoms with Gasteiger partial charge in [0, 0.05) is 24.2 Å². The number of furan rings is 1. The van der Waals surface area contributed by atoms with Crippen LogP contribution in [0.25, 0.3) is 0 Å². The minimum absolute atomic E-state index is 0.641. The van der Waals surface area contributed by atoms with Crippen LogP contribution < -0.4 is 4.74 Å². The highest BCUT2D eigenvalue weighted by Gasteiger charge is 2.16. The Morgan fingerprint density at radius 3 is 3.00 bits per heavy atom. The van der Waals surface area contributed by atoms with E-state index in [4.69, 9.17) is 9.15 Å². The number of para-hydroxylation sites is 1. The van der Waals surface area contributed by atoms with Gasteiger partial charge < -0.3 is 9.15 Å². The van der Waals surface area contributed by atoms with Gasteiger partial charge in [0.05, 0.1) is 12.5 Å². The Morgan fingerprint density at radius 1 is 1.19 bits per heavy atom. The molecule has 0 atom stereocenters. The number of hydrogen-bond acceptors (Lipinski definition) is 3. The lowest BCUT2D eigenvalue weighted by Gasteiger charge is -2.28. The van der Waals surface area contributed by atoms with Gasteiger partial charge in [-0.2, -0.15) is 0 Å². The van der Waals surface area contributed by atoms with E-state index in [1.54, 1.807) is 12.5 Å². The lowest BCUT2D eigenvalue weighted by molar-refractivity contribution is 0.0885. The number of nitrogens with zero attached hydrogens (tertiary/aromatic N) is 1. The van der Waals surface area contributed by atoms with Crippen LogP contribution in [0.15, 0.2) is 47.3 Å². The summed E-state index contributed by atoms with van der Waals surface area (Å²) in [6.45, 7) is 2.44. The lowest BCUT2D eigenvalue weighted by atomic mass is 10.1. The van der Waals surface area contributed by atoms with E-state index in [-0.39, 0.29) is 0 Å². The van der Waals surface area contributed by atoms with Gasteiger partial charge in [-0.1, -0.05) is 18.2 Å². The first-order valence-electron chi connectivity index (χ1n) is 5.36. The molecular formula is C13H13NO2. The molecule has 0 fully saturated rings. The van der Waals surface area contributed by atoms with E-state index in [0.717, 1.165) is 18.8 Å². The molecule has 1 aromatic carbocycles. The van der Waals surface area contributed by atoms with Crippen LogP contribution in [0.5, 0.6) is 5.75 Å². The van der Waals surface area contributed by atoms with Crippen molar-refractivity contribution in [2.75, 3.05) is 6.73 Å². The molecule has 82 valence electrons. The molecule has 0 amide bonds. The molecule has 0 saturated carbocycles. The lowest BCUT2D eigenvalue weighted by Crippen LogP contribution is -2.31. The Balaban J connectivity index is 1.73. The quantitative estimate of drug-likeness (QED) is 0.770. The average molecular weight is 215 g/mol. The molecule has 2 aromatic rings. The predicted octanol–water partition coefficient (Wildman–Crippen LogP) is 2.63. The van der Waals surface area contributed by atoms with Crippen LogP contribution in [0.2, 0.25) is 0 Å². The maximum Gasteiger partial charge on any atom is 0.142 e. The highest BCUT2D eigenvalue weighted by atomic mass is 16.5. The normalized spacial score (nSPS) is 15.5. The summed E-state index contributed by atoms with van der Waals surface area (Å²) in [5.74, 6) is 1.01. The van der Waals surface area contributed by atoms with Gasteiger partial charge in [-0.15, -0.1) is 0 Å². The zero-order valence-corrected chi connectivity index (χ0v) is 8.93. The molecular weight excluding hydrogens is 202 g/mol. The molecule has 2 heterocycles. The molecule has 0 bridgehead atoms. The Kier molecular flexibility index (Phi) is 2.38.